The first-order valence-electron chi connectivity index (χ1n) is 5.72. The van der Waals surface area contributed by atoms with E-state index < -0.39 is 5.91 Å². The average Bonchev–Trinajstić information content (AvgIpc) is 2.47. The highest BCUT2D eigenvalue weighted by atomic mass is 16.5. The van der Waals surface area contributed by atoms with E-state index in [-0.39, 0.29) is 6.54 Å². The predicted molar refractivity (Wildman–Crippen MR) is 70.5 cm³/mol. The van der Waals surface area contributed by atoms with E-state index in [0.717, 1.165) is 5.56 Å². The van der Waals surface area contributed by atoms with E-state index >= 15 is 0 Å². The zero-order valence-electron chi connectivity index (χ0n) is 10.4. The van der Waals surface area contributed by atoms with E-state index in [4.69, 9.17) is 4.74 Å². The summed E-state index contributed by atoms with van der Waals surface area (Å²) in [4.78, 5) is 15.8. The standard InChI is InChI=1S/C14H13N2O3/c1-19-13-4-2-12(3-5-13)14(17)16(18)10-11-6-8-15-9-7-11/h2-9H,10H2,1H3/q-1. The maximum atomic E-state index is 11.9. The van der Waals surface area contributed by atoms with E-state index in [1.54, 1.807) is 55.9 Å². The summed E-state index contributed by atoms with van der Waals surface area (Å²) < 4.78 is 5.00. The van der Waals surface area contributed by atoms with Gasteiger partial charge in [-0.05, 0) is 42.0 Å². The number of methoxy groups -OCH3 is 1. The van der Waals surface area contributed by atoms with Crippen LogP contribution in [0.2, 0.25) is 0 Å². The van der Waals surface area contributed by atoms with Gasteiger partial charge in [0.05, 0.1) is 7.11 Å². The highest BCUT2D eigenvalue weighted by molar-refractivity contribution is 5.94. The van der Waals surface area contributed by atoms with Crippen LogP contribution in [0.25, 0.3) is 0 Å². The van der Waals surface area contributed by atoms with Gasteiger partial charge in [0.25, 0.3) is 0 Å². The van der Waals surface area contributed by atoms with Crippen molar-refractivity contribution in [2.24, 2.45) is 0 Å². The average molecular weight is 257 g/mol. The number of rotatable bonds is 4. The molecule has 0 bridgehead atoms. The lowest BCUT2D eigenvalue weighted by Gasteiger charge is -2.28. The van der Waals surface area contributed by atoms with Crippen LogP contribution in [0.5, 0.6) is 5.75 Å². The fraction of sp³-hybridized carbons (Fsp3) is 0.143. The molecule has 0 saturated heterocycles. The van der Waals surface area contributed by atoms with Gasteiger partial charge in [0, 0.05) is 24.5 Å². The molecular formula is C14H13N2O3-. The van der Waals surface area contributed by atoms with Crippen LogP contribution in [0.3, 0.4) is 0 Å². The zero-order valence-corrected chi connectivity index (χ0v) is 10.4. The largest absolute Gasteiger partial charge is 0.756 e. The second-order valence-electron chi connectivity index (χ2n) is 3.93. The van der Waals surface area contributed by atoms with Gasteiger partial charge < -0.3 is 15.0 Å². The molecule has 0 unspecified atom stereocenters. The van der Waals surface area contributed by atoms with E-state index in [1.807, 2.05) is 0 Å². The normalized spacial score (nSPS) is 10.0. The van der Waals surface area contributed by atoms with Crippen molar-refractivity contribution in [3.63, 3.8) is 0 Å². The number of carbonyl (C=O) groups excluding carboxylic acids is 1. The van der Waals surface area contributed by atoms with Crippen molar-refractivity contribution in [3.05, 3.63) is 65.1 Å². The molecule has 98 valence electrons. The van der Waals surface area contributed by atoms with Crippen LogP contribution < -0.4 is 4.74 Å². The van der Waals surface area contributed by atoms with Crippen molar-refractivity contribution in [1.29, 1.82) is 0 Å². The van der Waals surface area contributed by atoms with Crippen molar-refractivity contribution in [1.82, 2.24) is 10.0 Å². The molecule has 2 rings (SSSR count). The van der Waals surface area contributed by atoms with Crippen molar-refractivity contribution >= 4 is 5.91 Å². The molecule has 5 nitrogen and oxygen atoms in total. The summed E-state index contributed by atoms with van der Waals surface area (Å²) in [5.74, 6) is 0.0719. The quantitative estimate of drug-likeness (QED) is 0.788. The predicted octanol–water partition coefficient (Wildman–Crippen LogP) is 2.23. The summed E-state index contributed by atoms with van der Waals surface area (Å²) in [6.45, 7) is 0.00732. The Morgan fingerprint density at radius 1 is 1.21 bits per heavy atom. The van der Waals surface area contributed by atoms with Crippen molar-refractivity contribution in [2.75, 3.05) is 7.11 Å². The Bertz CT molecular complexity index is 540. The van der Waals surface area contributed by atoms with Crippen LogP contribution in [0.4, 0.5) is 0 Å². The SMILES string of the molecule is COc1ccc(C(=O)N([O-])Cc2ccncc2)cc1. The number of ether oxygens (including phenoxy) is 1. The minimum atomic E-state index is -0.570. The van der Waals surface area contributed by atoms with Crippen LogP contribution in [-0.4, -0.2) is 23.1 Å². The van der Waals surface area contributed by atoms with Gasteiger partial charge in [0.2, 0.25) is 5.91 Å². The molecule has 0 N–H and O–H groups in total. The van der Waals surface area contributed by atoms with Crippen LogP contribution in [0.15, 0.2) is 48.8 Å². The maximum Gasteiger partial charge on any atom is 0.243 e. The third-order valence-corrected chi connectivity index (χ3v) is 2.64. The number of carbonyl (C=O) groups is 1. The number of aromatic nitrogens is 1. The number of amides is 1. The molecule has 0 aliphatic carbocycles. The molecule has 5 heteroatoms. The van der Waals surface area contributed by atoms with E-state index in [0.29, 0.717) is 16.4 Å². The summed E-state index contributed by atoms with van der Waals surface area (Å²) in [6, 6.07) is 9.83. The van der Waals surface area contributed by atoms with Crippen LogP contribution in [-0.2, 0) is 6.54 Å². The number of hydrogen-bond acceptors (Lipinski definition) is 4. The van der Waals surface area contributed by atoms with Gasteiger partial charge in [0.15, 0.2) is 0 Å². The minimum Gasteiger partial charge on any atom is -0.756 e. The van der Waals surface area contributed by atoms with Crippen LogP contribution in [0, 0.1) is 5.21 Å². The molecule has 1 aromatic heterocycles. The zero-order chi connectivity index (χ0) is 13.7. The molecule has 0 fully saturated rings. The molecule has 1 amide bonds. The first-order valence-corrected chi connectivity index (χ1v) is 5.72. The molecular weight excluding hydrogens is 244 g/mol. The number of benzene rings is 1. The first-order chi connectivity index (χ1) is 9.20. The molecule has 0 saturated carbocycles. The number of nitrogens with zero attached hydrogens (tertiary/aromatic N) is 2. The number of pyridine rings is 1. The van der Waals surface area contributed by atoms with Gasteiger partial charge >= 0.3 is 0 Å². The topological polar surface area (TPSA) is 65.5 Å². The van der Waals surface area contributed by atoms with Crippen molar-refractivity contribution in [3.8, 4) is 5.75 Å². The highest BCUT2D eigenvalue weighted by Crippen LogP contribution is 2.14. The monoisotopic (exact) mass is 257 g/mol. The Labute approximate surface area is 111 Å². The summed E-state index contributed by atoms with van der Waals surface area (Å²) >= 11 is 0. The Balaban J connectivity index is 2.06. The highest BCUT2D eigenvalue weighted by Gasteiger charge is 2.08. The van der Waals surface area contributed by atoms with Crippen molar-refractivity contribution < 1.29 is 9.53 Å². The molecule has 0 aliphatic heterocycles. The third kappa shape index (κ3) is 3.29. The fourth-order valence-electron chi connectivity index (χ4n) is 1.60. The van der Waals surface area contributed by atoms with Gasteiger partial charge in [-0.15, -0.1) is 0 Å². The number of hydroxylamine groups is 2. The Morgan fingerprint density at radius 2 is 1.84 bits per heavy atom. The minimum absolute atomic E-state index is 0.00732. The molecule has 0 atom stereocenters. The number of hydrogen-bond donors (Lipinski definition) is 0. The molecule has 0 aliphatic rings. The van der Waals surface area contributed by atoms with Gasteiger partial charge in [-0.2, -0.15) is 0 Å². The molecule has 0 radical (unpaired) electrons. The summed E-state index contributed by atoms with van der Waals surface area (Å²) in [5.41, 5.74) is 1.08. The Morgan fingerprint density at radius 3 is 2.42 bits per heavy atom. The second-order valence-corrected chi connectivity index (χ2v) is 3.93. The lowest BCUT2D eigenvalue weighted by Crippen LogP contribution is -2.24. The summed E-state index contributed by atoms with van der Waals surface area (Å²) in [7, 11) is 1.54. The molecule has 1 heterocycles. The lowest BCUT2D eigenvalue weighted by atomic mass is 10.2. The Hall–Kier alpha value is -2.40. The molecule has 2 aromatic rings. The lowest BCUT2D eigenvalue weighted by molar-refractivity contribution is 0.0814. The van der Waals surface area contributed by atoms with Crippen molar-refractivity contribution in [2.45, 2.75) is 6.54 Å². The maximum absolute atomic E-state index is 11.9. The molecule has 1 aromatic carbocycles. The van der Waals surface area contributed by atoms with Crippen LogP contribution >= 0.6 is 0 Å². The summed E-state index contributed by atoms with van der Waals surface area (Å²) in [5, 5.41) is 12.2. The van der Waals surface area contributed by atoms with E-state index in [9.17, 15) is 10.0 Å². The van der Waals surface area contributed by atoms with Gasteiger partial charge in [-0.1, -0.05) is 0 Å². The third-order valence-electron chi connectivity index (χ3n) is 2.64. The fourth-order valence-corrected chi connectivity index (χ4v) is 1.60. The van der Waals surface area contributed by atoms with Gasteiger partial charge in [0.1, 0.15) is 5.75 Å². The molecule has 0 spiro atoms. The Kier molecular flexibility index (Phi) is 4.10. The van der Waals surface area contributed by atoms with Crippen LogP contribution in [0.1, 0.15) is 15.9 Å². The van der Waals surface area contributed by atoms with E-state index in [1.165, 1.54) is 0 Å². The second kappa shape index (κ2) is 5.97. The molecule has 19 heavy (non-hydrogen) atoms. The van der Waals surface area contributed by atoms with E-state index in [2.05, 4.69) is 4.98 Å². The first kappa shape index (κ1) is 13.0. The van der Waals surface area contributed by atoms with Gasteiger partial charge in [-0.3, -0.25) is 9.78 Å². The smallest absolute Gasteiger partial charge is 0.243 e. The van der Waals surface area contributed by atoms with Gasteiger partial charge in [-0.25, -0.2) is 0 Å². The summed E-state index contributed by atoms with van der Waals surface area (Å²) in [6.07, 6.45) is 3.17.